The lowest BCUT2D eigenvalue weighted by Gasteiger charge is -2.14. The SMILES string of the molecule is Nc1cc(C(=O)O)nc(C(F)F)c1OC(F)(F)F. The molecule has 18 heavy (non-hydrogen) atoms. The number of hydrogen-bond donors (Lipinski definition) is 2. The van der Waals surface area contributed by atoms with Crippen LogP contribution >= 0.6 is 0 Å². The highest BCUT2D eigenvalue weighted by atomic mass is 19.4. The number of nitrogens with two attached hydrogens (primary N) is 1. The fraction of sp³-hybridized carbons (Fsp3) is 0.250. The fourth-order valence-electron chi connectivity index (χ4n) is 1.06. The minimum absolute atomic E-state index is 0.495. The molecule has 0 saturated heterocycles. The van der Waals surface area contributed by atoms with Crippen LogP contribution < -0.4 is 10.5 Å². The van der Waals surface area contributed by atoms with E-state index in [1.54, 1.807) is 0 Å². The van der Waals surface area contributed by atoms with Crippen LogP contribution in [0.25, 0.3) is 0 Å². The second-order valence-electron chi connectivity index (χ2n) is 2.96. The lowest BCUT2D eigenvalue weighted by atomic mass is 10.2. The molecule has 0 spiro atoms. The summed E-state index contributed by atoms with van der Waals surface area (Å²) in [5, 5.41) is 8.51. The van der Waals surface area contributed by atoms with E-state index in [1.807, 2.05) is 0 Å². The highest BCUT2D eigenvalue weighted by Crippen LogP contribution is 2.36. The van der Waals surface area contributed by atoms with Gasteiger partial charge in [-0.3, -0.25) is 0 Å². The molecule has 0 aromatic carbocycles. The van der Waals surface area contributed by atoms with Gasteiger partial charge in [-0.1, -0.05) is 0 Å². The van der Waals surface area contributed by atoms with Gasteiger partial charge in [0.05, 0.1) is 5.69 Å². The van der Waals surface area contributed by atoms with Crippen LogP contribution in [0.5, 0.6) is 5.75 Å². The van der Waals surface area contributed by atoms with Crippen molar-refractivity contribution in [3.05, 3.63) is 17.5 Å². The number of hydrogen-bond acceptors (Lipinski definition) is 4. The van der Waals surface area contributed by atoms with Crippen LogP contribution in [0.2, 0.25) is 0 Å². The average Bonchev–Trinajstić information content (AvgIpc) is 2.18. The summed E-state index contributed by atoms with van der Waals surface area (Å²) in [6, 6.07) is 0.495. The Bertz CT molecular complexity index is 475. The van der Waals surface area contributed by atoms with E-state index in [9.17, 15) is 26.7 Å². The third-order valence-electron chi connectivity index (χ3n) is 1.67. The van der Waals surface area contributed by atoms with Gasteiger partial charge in [-0.05, 0) is 6.07 Å². The van der Waals surface area contributed by atoms with Gasteiger partial charge in [0.25, 0.3) is 6.43 Å². The van der Waals surface area contributed by atoms with Crippen molar-refractivity contribution < 1.29 is 36.6 Å². The fourth-order valence-corrected chi connectivity index (χ4v) is 1.06. The van der Waals surface area contributed by atoms with E-state index in [4.69, 9.17) is 10.8 Å². The minimum atomic E-state index is -5.25. The zero-order valence-corrected chi connectivity index (χ0v) is 8.33. The molecule has 0 bridgehead atoms. The summed E-state index contributed by atoms with van der Waals surface area (Å²) >= 11 is 0. The highest BCUT2D eigenvalue weighted by Gasteiger charge is 2.35. The molecule has 10 heteroatoms. The molecule has 0 unspecified atom stereocenters. The molecule has 0 radical (unpaired) electrons. The van der Waals surface area contributed by atoms with Crippen molar-refractivity contribution in [2.45, 2.75) is 12.8 Å². The summed E-state index contributed by atoms with van der Waals surface area (Å²) in [6.45, 7) is 0. The largest absolute Gasteiger partial charge is 0.573 e. The molecule has 1 aromatic heterocycles. The second kappa shape index (κ2) is 4.63. The first-order valence-electron chi connectivity index (χ1n) is 4.19. The molecular formula is C8H5F5N2O3. The number of aromatic carboxylic acids is 1. The maximum atomic E-state index is 12.5. The highest BCUT2D eigenvalue weighted by molar-refractivity contribution is 5.87. The van der Waals surface area contributed by atoms with Gasteiger partial charge in [0.1, 0.15) is 0 Å². The van der Waals surface area contributed by atoms with Gasteiger partial charge in [-0.2, -0.15) is 0 Å². The van der Waals surface area contributed by atoms with Gasteiger partial charge >= 0.3 is 12.3 Å². The molecule has 0 amide bonds. The molecule has 0 aliphatic carbocycles. The predicted octanol–water partition coefficient (Wildman–Crippen LogP) is 2.20. The zero-order chi connectivity index (χ0) is 14.1. The molecule has 0 aliphatic heterocycles. The Labute approximate surface area is 96.0 Å². The van der Waals surface area contributed by atoms with Crippen LogP contribution in [0, 0.1) is 0 Å². The Morgan fingerprint density at radius 2 is 2.00 bits per heavy atom. The van der Waals surface area contributed by atoms with Crippen molar-refractivity contribution in [3.63, 3.8) is 0 Å². The number of aromatic nitrogens is 1. The Morgan fingerprint density at radius 3 is 2.39 bits per heavy atom. The quantitative estimate of drug-likeness (QED) is 0.824. The number of ether oxygens (including phenoxy) is 1. The Kier molecular flexibility index (Phi) is 3.58. The Balaban J connectivity index is 3.36. The first kappa shape index (κ1) is 13.9. The molecule has 1 aromatic rings. The van der Waals surface area contributed by atoms with Crippen LogP contribution in [0.15, 0.2) is 6.07 Å². The minimum Gasteiger partial charge on any atom is -0.477 e. The predicted molar refractivity (Wildman–Crippen MR) is 47.2 cm³/mol. The number of halogens is 5. The van der Waals surface area contributed by atoms with Crippen molar-refractivity contribution in [1.29, 1.82) is 0 Å². The van der Waals surface area contributed by atoms with E-state index >= 15 is 0 Å². The maximum absolute atomic E-state index is 12.5. The molecule has 1 heterocycles. The van der Waals surface area contributed by atoms with E-state index in [2.05, 4.69) is 9.72 Å². The third-order valence-corrected chi connectivity index (χ3v) is 1.67. The van der Waals surface area contributed by atoms with Gasteiger partial charge < -0.3 is 15.6 Å². The van der Waals surface area contributed by atoms with Crippen molar-refractivity contribution in [1.82, 2.24) is 4.98 Å². The van der Waals surface area contributed by atoms with E-state index < -0.39 is 41.6 Å². The van der Waals surface area contributed by atoms with Crippen molar-refractivity contribution >= 4 is 11.7 Å². The average molecular weight is 272 g/mol. The Morgan fingerprint density at radius 1 is 1.44 bits per heavy atom. The van der Waals surface area contributed by atoms with Crippen molar-refractivity contribution in [3.8, 4) is 5.75 Å². The molecule has 1 rings (SSSR count). The third kappa shape index (κ3) is 3.18. The molecule has 0 aliphatic rings. The normalized spacial score (nSPS) is 11.7. The topological polar surface area (TPSA) is 85.4 Å². The van der Waals surface area contributed by atoms with Gasteiger partial charge in [0.2, 0.25) is 0 Å². The smallest absolute Gasteiger partial charge is 0.477 e. The van der Waals surface area contributed by atoms with E-state index in [0.29, 0.717) is 6.07 Å². The van der Waals surface area contributed by atoms with Gasteiger partial charge in [0, 0.05) is 0 Å². The number of alkyl halides is 5. The molecule has 3 N–H and O–H groups in total. The van der Waals surface area contributed by atoms with Crippen LogP contribution in [0.4, 0.5) is 27.6 Å². The number of nitrogens with zero attached hydrogens (tertiary/aromatic N) is 1. The van der Waals surface area contributed by atoms with E-state index in [-0.39, 0.29) is 0 Å². The van der Waals surface area contributed by atoms with Crippen molar-refractivity contribution in [2.75, 3.05) is 5.73 Å². The van der Waals surface area contributed by atoms with Crippen molar-refractivity contribution in [2.24, 2.45) is 0 Å². The number of carbonyl (C=O) groups is 1. The van der Waals surface area contributed by atoms with E-state index in [1.165, 1.54) is 0 Å². The molecule has 5 nitrogen and oxygen atoms in total. The Hall–Kier alpha value is -2.13. The second-order valence-corrected chi connectivity index (χ2v) is 2.96. The number of carboxylic acid groups (broad SMARTS) is 1. The first-order valence-corrected chi connectivity index (χ1v) is 4.19. The van der Waals surface area contributed by atoms with Crippen LogP contribution in [0.3, 0.4) is 0 Å². The standard InChI is InChI=1S/C8H5F5N2O3/c9-6(10)4-5(18-8(11,12)13)2(14)1-3(15-4)7(16)17/h1,6H,(H2,14,15)(H,16,17). The molecular weight excluding hydrogens is 267 g/mol. The molecule has 100 valence electrons. The summed E-state index contributed by atoms with van der Waals surface area (Å²) in [4.78, 5) is 13.4. The molecule has 0 atom stereocenters. The molecule has 0 fully saturated rings. The van der Waals surface area contributed by atoms with Gasteiger partial charge in [-0.15, -0.1) is 13.2 Å². The summed E-state index contributed by atoms with van der Waals surface area (Å²) < 4.78 is 64.1. The van der Waals surface area contributed by atoms with Crippen LogP contribution in [0.1, 0.15) is 22.6 Å². The lowest BCUT2D eigenvalue weighted by molar-refractivity contribution is -0.275. The first-order chi connectivity index (χ1) is 8.11. The number of carboxylic acids is 1. The lowest BCUT2D eigenvalue weighted by Crippen LogP contribution is -2.20. The zero-order valence-electron chi connectivity index (χ0n) is 8.33. The number of anilines is 1. The monoisotopic (exact) mass is 272 g/mol. The van der Waals surface area contributed by atoms with Gasteiger partial charge in [-0.25, -0.2) is 18.6 Å². The number of nitrogen functional groups attached to an aromatic ring is 1. The van der Waals surface area contributed by atoms with Gasteiger partial charge in [0.15, 0.2) is 17.1 Å². The molecule has 0 saturated carbocycles. The number of rotatable bonds is 3. The summed E-state index contributed by atoms with van der Waals surface area (Å²) in [5.74, 6) is -3.11. The summed E-state index contributed by atoms with van der Waals surface area (Å²) in [5.41, 5.74) is 1.76. The van der Waals surface area contributed by atoms with Crippen LogP contribution in [-0.4, -0.2) is 22.4 Å². The summed E-state index contributed by atoms with van der Waals surface area (Å²) in [7, 11) is 0. The maximum Gasteiger partial charge on any atom is 0.573 e. The number of pyridine rings is 1. The van der Waals surface area contributed by atoms with E-state index in [0.717, 1.165) is 0 Å². The van der Waals surface area contributed by atoms with Crippen LogP contribution in [-0.2, 0) is 0 Å². The summed E-state index contributed by atoms with van der Waals surface area (Å²) in [6.07, 6.45) is -8.71.